The molecule has 1 saturated carbocycles. The standard InChI is InChI=1S/C33H25N5/c1-3-11-25(12-4-1)37-31(35-36-32(37)28-15-9-10-20-34-28)23-18-19-33(22-24(33)21-23)38-29-16-6-2-5-13-26(29)27-14-7-8-17-30(27)38/h1-12,14-21,24H,13,22H2. The van der Waals surface area contributed by atoms with Crippen LogP contribution in [0, 0.1) is 5.92 Å². The van der Waals surface area contributed by atoms with Crippen molar-refractivity contribution in [3.05, 3.63) is 133 Å². The van der Waals surface area contributed by atoms with Crippen LogP contribution in [0.4, 0.5) is 0 Å². The lowest BCUT2D eigenvalue weighted by atomic mass is 10.0. The minimum absolute atomic E-state index is 0.0488. The monoisotopic (exact) mass is 491 g/mol. The zero-order valence-electron chi connectivity index (χ0n) is 20.8. The highest BCUT2D eigenvalue weighted by molar-refractivity contribution is 5.90. The zero-order valence-corrected chi connectivity index (χ0v) is 20.8. The summed E-state index contributed by atoms with van der Waals surface area (Å²) in [5.74, 6) is 1.98. The Morgan fingerprint density at radius 1 is 0.816 bits per heavy atom. The van der Waals surface area contributed by atoms with Gasteiger partial charge in [0, 0.05) is 40.0 Å². The molecule has 0 spiro atoms. The van der Waals surface area contributed by atoms with Crippen molar-refractivity contribution in [2.45, 2.75) is 18.4 Å². The third kappa shape index (κ3) is 3.08. The first-order chi connectivity index (χ1) is 18.8. The molecular formula is C33H25N5. The minimum Gasteiger partial charge on any atom is -0.330 e. The van der Waals surface area contributed by atoms with Crippen molar-refractivity contribution in [3.63, 3.8) is 0 Å². The third-order valence-corrected chi connectivity index (χ3v) is 8.05. The number of aromatic nitrogens is 5. The first-order valence-corrected chi connectivity index (χ1v) is 13.1. The van der Waals surface area contributed by atoms with Gasteiger partial charge in [0.05, 0.1) is 5.54 Å². The SMILES string of the molecule is C1=CCc2c(n(C34C=CC(c5nnc(-c6ccccn6)n5-c5ccccc5)=CC3C4)c3ccccc23)C=C1. The van der Waals surface area contributed by atoms with Gasteiger partial charge in [-0.2, -0.15) is 0 Å². The average molecular weight is 492 g/mol. The molecule has 1 fully saturated rings. The lowest BCUT2D eigenvalue weighted by Crippen LogP contribution is -2.20. The largest absolute Gasteiger partial charge is 0.330 e. The van der Waals surface area contributed by atoms with Gasteiger partial charge in [0.2, 0.25) is 0 Å². The van der Waals surface area contributed by atoms with E-state index in [1.54, 1.807) is 6.20 Å². The van der Waals surface area contributed by atoms with Gasteiger partial charge >= 0.3 is 0 Å². The Morgan fingerprint density at radius 2 is 1.66 bits per heavy atom. The summed E-state index contributed by atoms with van der Waals surface area (Å²) >= 11 is 0. The second kappa shape index (κ2) is 8.12. The molecular weight excluding hydrogens is 466 g/mol. The quantitative estimate of drug-likeness (QED) is 0.278. The Morgan fingerprint density at radius 3 is 2.53 bits per heavy atom. The molecule has 5 aromatic rings. The van der Waals surface area contributed by atoms with Gasteiger partial charge in [-0.3, -0.25) is 9.55 Å². The summed E-state index contributed by atoms with van der Waals surface area (Å²) in [6.45, 7) is 0. The van der Waals surface area contributed by atoms with Crippen LogP contribution in [0.3, 0.4) is 0 Å². The molecule has 8 rings (SSSR count). The molecule has 2 atom stereocenters. The van der Waals surface area contributed by atoms with Crippen molar-refractivity contribution in [2.75, 3.05) is 0 Å². The third-order valence-electron chi connectivity index (χ3n) is 8.05. The van der Waals surface area contributed by atoms with Crippen LogP contribution in [0.15, 0.2) is 115 Å². The number of rotatable bonds is 4. The number of allylic oxidation sites excluding steroid dienone is 7. The Kier molecular flexibility index (Phi) is 4.56. The number of para-hydroxylation sites is 2. The summed E-state index contributed by atoms with van der Waals surface area (Å²) in [5, 5.41) is 10.7. The highest BCUT2D eigenvalue weighted by Gasteiger charge is 2.55. The fraction of sp³-hybridized carbons (Fsp3) is 0.121. The molecule has 0 aliphatic heterocycles. The molecule has 5 nitrogen and oxygen atoms in total. The lowest BCUT2D eigenvalue weighted by Gasteiger charge is -2.22. The van der Waals surface area contributed by atoms with Gasteiger partial charge in [0.1, 0.15) is 5.69 Å². The van der Waals surface area contributed by atoms with Crippen LogP contribution in [-0.2, 0) is 12.0 Å². The minimum atomic E-state index is -0.0488. The van der Waals surface area contributed by atoms with E-state index in [0.29, 0.717) is 5.92 Å². The van der Waals surface area contributed by atoms with Crippen LogP contribution >= 0.6 is 0 Å². The summed E-state index contributed by atoms with van der Waals surface area (Å²) in [6, 6.07) is 25.0. The van der Waals surface area contributed by atoms with E-state index < -0.39 is 0 Å². The topological polar surface area (TPSA) is 48.5 Å². The van der Waals surface area contributed by atoms with Crippen LogP contribution in [0.2, 0.25) is 0 Å². The molecule has 0 saturated heterocycles. The number of fused-ring (bicyclic) bond motifs is 4. The van der Waals surface area contributed by atoms with Crippen molar-refractivity contribution >= 4 is 22.6 Å². The van der Waals surface area contributed by atoms with E-state index in [-0.39, 0.29) is 5.54 Å². The van der Waals surface area contributed by atoms with Crippen LogP contribution in [0.5, 0.6) is 0 Å². The molecule has 3 aliphatic carbocycles. The highest BCUT2D eigenvalue weighted by Crippen LogP contribution is 2.58. The fourth-order valence-corrected chi connectivity index (χ4v) is 6.20. The van der Waals surface area contributed by atoms with E-state index in [1.165, 1.54) is 22.2 Å². The van der Waals surface area contributed by atoms with Gasteiger partial charge in [-0.1, -0.05) is 78.9 Å². The predicted molar refractivity (Wildman–Crippen MR) is 152 cm³/mol. The fourth-order valence-electron chi connectivity index (χ4n) is 6.20. The van der Waals surface area contributed by atoms with Gasteiger partial charge in [-0.25, -0.2) is 0 Å². The average Bonchev–Trinajstić information content (AvgIpc) is 3.50. The molecule has 3 heterocycles. The number of pyridine rings is 1. The first kappa shape index (κ1) is 21.3. The second-order valence-corrected chi connectivity index (χ2v) is 10.2. The molecule has 0 radical (unpaired) electrons. The predicted octanol–water partition coefficient (Wildman–Crippen LogP) is 6.78. The molecule has 5 heteroatoms. The lowest BCUT2D eigenvalue weighted by molar-refractivity contribution is 0.578. The molecule has 0 bridgehead atoms. The van der Waals surface area contributed by atoms with Crippen molar-refractivity contribution < 1.29 is 0 Å². The second-order valence-electron chi connectivity index (χ2n) is 10.2. The maximum Gasteiger partial charge on any atom is 0.187 e. The van der Waals surface area contributed by atoms with E-state index in [1.807, 2.05) is 36.4 Å². The van der Waals surface area contributed by atoms with Gasteiger partial charge < -0.3 is 4.57 Å². The smallest absolute Gasteiger partial charge is 0.187 e. The van der Waals surface area contributed by atoms with Gasteiger partial charge in [-0.15, -0.1) is 10.2 Å². The van der Waals surface area contributed by atoms with E-state index in [4.69, 9.17) is 5.10 Å². The Bertz CT molecular complexity index is 1820. The van der Waals surface area contributed by atoms with Crippen LogP contribution in [0.1, 0.15) is 23.5 Å². The van der Waals surface area contributed by atoms with E-state index in [0.717, 1.165) is 41.4 Å². The number of hydrogen-bond acceptors (Lipinski definition) is 3. The molecule has 0 N–H and O–H groups in total. The molecule has 0 amide bonds. The molecule has 3 aromatic heterocycles. The van der Waals surface area contributed by atoms with Crippen molar-refractivity contribution in [1.29, 1.82) is 0 Å². The maximum atomic E-state index is 4.69. The molecule has 38 heavy (non-hydrogen) atoms. The zero-order chi connectivity index (χ0) is 25.1. The molecule has 2 aromatic carbocycles. The molecule has 3 aliphatic rings. The number of benzene rings is 2. The molecule has 182 valence electrons. The number of hydrogen-bond donors (Lipinski definition) is 0. The van der Waals surface area contributed by atoms with Crippen LogP contribution < -0.4 is 0 Å². The van der Waals surface area contributed by atoms with E-state index in [9.17, 15) is 0 Å². The van der Waals surface area contributed by atoms with Crippen molar-refractivity contribution in [3.8, 4) is 17.2 Å². The summed E-state index contributed by atoms with van der Waals surface area (Å²) in [7, 11) is 0. The Labute approximate surface area is 220 Å². The highest BCUT2D eigenvalue weighted by atomic mass is 15.3. The first-order valence-electron chi connectivity index (χ1n) is 13.1. The normalized spacial score (nSPS) is 21.2. The van der Waals surface area contributed by atoms with Gasteiger partial charge in [-0.05, 0) is 54.8 Å². The Balaban J connectivity index is 1.25. The summed E-state index contributed by atoms with van der Waals surface area (Å²) in [5.41, 5.74) is 6.93. The van der Waals surface area contributed by atoms with Crippen molar-refractivity contribution in [2.24, 2.45) is 5.92 Å². The van der Waals surface area contributed by atoms with E-state index in [2.05, 4.69) is 98.1 Å². The summed E-state index contributed by atoms with van der Waals surface area (Å²) in [4.78, 5) is 4.56. The van der Waals surface area contributed by atoms with Crippen LogP contribution in [-0.4, -0.2) is 24.3 Å². The summed E-state index contributed by atoms with van der Waals surface area (Å²) in [6.07, 6.45) is 19.7. The summed E-state index contributed by atoms with van der Waals surface area (Å²) < 4.78 is 4.70. The maximum absolute atomic E-state index is 4.69. The van der Waals surface area contributed by atoms with Crippen LogP contribution in [0.25, 0.3) is 39.8 Å². The van der Waals surface area contributed by atoms with Gasteiger partial charge in [0.15, 0.2) is 11.6 Å². The van der Waals surface area contributed by atoms with Crippen molar-refractivity contribution in [1.82, 2.24) is 24.3 Å². The molecule has 2 unspecified atom stereocenters. The van der Waals surface area contributed by atoms with E-state index >= 15 is 0 Å². The Hall–Kier alpha value is -4.77. The van der Waals surface area contributed by atoms with Gasteiger partial charge in [0.25, 0.3) is 0 Å². The number of nitrogens with zero attached hydrogens (tertiary/aromatic N) is 5.